The van der Waals surface area contributed by atoms with Gasteiger partial charge in [0.2, 0.25) is 0 Å². The van der Waals surface area contributed by atoms with Gasteiger partial charge in [0.25, 0.3) is 0 Å². The molecule has 4 atom stereocenters. The molecular formula is C9H12O5. The Balaban J connectivity index is 2.30. The number of hydrogen-bond acceptors (Lipinski definition) is 4. The number of carboxylic acids is 1. The molecule has 0 aromatic carbocycles. The molecule has 1 aliphatic heterocycles. The lowest BCUT2D eigenvalue weighted by molar-refractivity contribution is -0.155. The Kier molecular flexibility index (Phi) is 1.82. The zero-order chi connectivity index (χ0) is 10.5. The Morgan fingerprint density at radius 2 is 2.29 bits per heavy atom. The first kappa shape index (κ1) is 9.45. The third kappa shape index (κ3) is 1.12. The lowest BCUT2D eigenvalue weighted by Crippen LogP contribution is -2.45. The number of aliphatic hydroxyl groups is 1. The van der Waals surface area contributed by atoms with Gasteiger partial charge in [0.05, 0.1) is 17.9 Å². The van der Waals surface area contributed by atoms with E-state index in [4.69, 9.17) is 9.84 Å². The molecular weight excluding hydrogens is 188 g/mol. The van der Waals surface area contributed by atoms with E-state index in [-0.39, 0.29) is 6.42 Å². The van der Waals surface area contributed by atoms with E-state index < -0.39 is 35.5 Å². The van der Waals surface area contributed by atoms with E-state index in [1.807, 2.05) is 0 Å². The first-order chi connectivity index (χ1) is 6.44. The van der Waals surface area contributed by atoms with E-state index in [0.717, 1.165) is 0 Å². The van der Waals surface area contributed by atoms with Crippen molar-refractivity contribution in [3.63, 3.8) is 0 Å². The molecule has 2 N–H and O–H groups in total. The van der Waals surface area contributed by atoms with Crippen LogP contribution in [0, 0.1) is 11.8 Å². The highest BCUT2D eigenvalue weighted by atomic mass is 16.6. The van der Waals surface area contributed by atoms with Crippen molar-refractivity contribution in [2.45, 2.75) is 31.5 Å². The highest BCUT2D eigenvalue weighted by molar-refractivity contribution is 5.83. The summed E-state index contributed by atoms with van der Waals surface area (Å²) in [5.74, 6) is -2.90. The van der Waals surface area contributed by atoms with E-state index in [0.29, 0.717) is 6.42 Å². The molecule has 5 heteroatoms. The highest BCUT2D eigenvalue weighted by Crippen LogP contribution is 2.45. The fourth-order valence-electron chi connectivity index (χ4n) is 2.30. The van der Waals surface area contributed by atoms with Gasteiger partial charge in [-0.2, -0.15) is 0 Å². The molecule has 14 heavy (non-hydrogen) atoms. The molecule has 1 saturated carbocycles. The van der Waals surface area contributed by atoms with Gasteiger partial charge in [0.1, 0.15) is 5.60 Å². The van der Waals surface area contributed by atoms with Crippen molar-refractivity contribution in [2.24, 2.45) is 11.8 Å². The summed E-state index contributed by atoms with van der Waals surface area (Å²) in [6.07, 6.45) is -0.460. The lowest BCUT2D eigenvalue weighted by Gasteiger charge is -2.33. The number of aliphatic hydroxyl groups excluding tert-OH is 1. The van der Waals surface area contributed by atoms with Crippen LogP contribution in [0.4, 0.5) is 0 Å². The zero-order valence-electron chi connectivity index (χ0n) is 7.77. The summed E-state index contributed by atoms with van der Waals surface area (Å²) in [6.45, 7) is 1.65. The average molecular weight is 200 g/mol. The molecule has 1 saturated heterocycles. The largest absolute Gasteiger partial charge is 0.481 e. The Labute approximate surface area is 80.7 Å². The molecule has 0 spiro atoms. The van der Waals surface area contributed by atoms with Crippen LogP contribution in [0.5, 0.6) is 0 Å². The van der Waals surface area contributed by atoms with E-state index in [1.165, 1.54) is 0 Å². The number of ether oxygens (including phenoxy) is 1. The molecule has 1 heterocycles. The van der Waals surface area contributed by atoms with Crippen molar-refractivity contribution in [3.05, 3.63) is 0 Å². The minimum Gasteiger partial charge on any atom is -0.481 e. The van der Waals surface area contributed by atoms with E-state index >= 15 is 0 Å². The maximum atomic E-state index is 11.3. The van der Waals surface area contributed by atoms with Crippen LogP contribution in [0.1, 0.15) is 19.8 Å². The van der Waals surface area contributed by atoms with Crippen molar-refractivity contribution in [2.75, 3.05) is 0 Å². The molecule has 2 aliphatic rings. The van der Waals surface area contributed by atoms with Gasteiger partial charge in [0.15, 0.2) is 0 Å². The number of carboxylic acid groups (broad SMARTS) is 1. The van der Waals surface area contributed by atoms with Gasteiger partial charge in [-0.1, -0.05) is 0 Å². The van der Waals surface area contributed by atoms with Gasteiger partial charge >= 0.3 is 11.9 Å². The number of aliphatic carboxylic acids is 1. The Bertz CT molecular complexity index is 300. The fraction of sp³-hybridized carbons (Fsp3) is 0.778. The monoisotopic (exact) mass is 200 g/mol. The van der Waals surface area contributed by atoms with E-state index in [2.05, 4.69) is 0 Å². The maximum Gasteiger partial charge on any atom is 0.310 e. The summed E-state index contributed by atoms with van der Waals surface area (Å²) in [6, 6.07) is 0. The summed E-state index contributed by atoms with van der Waals surface area (Å²) in [5.41, 5.74) is -0.867. The second-order valence-corrected chi connectivity index (χ2v) is 4.24. The third-order valence-corrected chi connectivity index (χ3v) is 3.25. The second kappa shape index (κ2) is 2.70. The number of fused-ring (bicyclic) bond motifs is 2. The first-order valence-electron chi connectivity index (χ1n) is 4.58. The van der Waals surface area contributed by atoms with Gasteiger partial charge in [-0.3, -0.25) is 9.59 Å². The normalized spacial score (nSPS) is 46.1. The van der Waals surface area contributed by atoms with Crippen LogP contribution in [0.25, 0.3) is 0 Å². The molecule has 0 radical (unpaired) electrons. The SMILES string of the molecule is CC12CC(C(=O)O1)C(C(=O)O)CC2O. The Hall–Kier alpha value is -1.10. The number of hydrogen-bond donors (Lipinski definition) is 2. The van der Waals surface area contributed by atoms with Crippen LogP contribution >= 0.6 is 0 Å². The minimum atomic E-state index is -1.03. The Morgan fingerprint density at radius 1 is 1.64 bits per heavy atom. The number of rotatable bonds is 1. The van der Waals surface area contributed by atoms with Crippen LogP contribution < -0.4 is 0 Å². The van der Waals surface area contributed by atoms with Crippen molar-refractivity contribution in [3.8, 4) is 0 Å². The second-order valence-electron chi connectivity index (χ2n) is 4.24. The summed E-state index contributed by atoms with van der Waals surface area (Å²) in [5, 5.41) is 18.5. The van der Waals surface area contributed by atoms with Crippen molar-refractivity contribution >= 4 is 11.9 Å². The van der Waals surface area contributed by atoms with Crippen LogP contribution in [0.15, 0.2) is 0 Å². The summed E-state index contributed by atoms with van der Waals surface area (Å²) < 4.78 is 5.01. The van der Waals surface area contributed by atoms with Gasteiger partial charge in [-0.15, -0.1) is 0 Å². The molecule has 0 aromatic heterocycles. The molecule has 5 nitrogen and oxygen atoms in total. The summed E-state index contributed by atoms with van der Waals surface area (Å²) in [7, 11) is 0. The molecule has 2 bridgehead atoms. The lowest BCUT2D eigenvalue weighted by atomic mass is 9.73. The molecule has 1 aliphatic carbocycles. The van der Waals surface area contributed by atoms with Crippen LogP contribution in [-0.4, -0.2) is 33.9 Å². The predicted molar refractivity (Wildman–Crippen MR) is 44.4 cm³/mol. The smallest absolute Gasteiger partial charge is 0.310 e. The van der Waals surface area contributed by atoms with Crippen molar-refractivity contribution in [1.29, 1.82) is 0 Å². The molecule has 0 aromatic rings. The molecule has 78 valence electrons. The fourth-order valence-corrected chi connectivity index (χ4v) is 2.30. The standard InChI is InChI=1S/C9H12O5/c1-9-3-5(8(13)14-9)4(7(11)12)2-6(9)10/h4-6,10H,2-3H2,1H3,(H,11,12). The predicted octanol–water partition coefficient (Wildman–Crippen LogP) is -0.226. The van der Waals surface area contributed by atoms with Crippen molar-refractivity contribution in [1.82, 2.24) is 0 Å². The van der Waals surface area contributed by atoms with Crippen molar-refractivity contribution < 1.29 is 24.5 Å². The van der Waals surface area contributed by atoms with E-state index in [9.17, 15) is 14.7 Å². The van der Waals surface area contributed by atoms with E-state index in [1.54, 1.807) is 6.92 Å². The van der Waals surface area contributed by atoms with Gasteiger partial charge in [-0.25, -0.2) is 0 Å². The third-order valence-electron chi connectivity index (χ3n) is 3.25. The van der Waals surface area contributed by atoms with Crippen LogP contribution in [0.3, 0.4) is 0 Å². The summed E-state index contributed by atoms with van der Waals surface area (Å²) in [4.78, 5) is 22.1. The first-order valence-corrected chi connectivity index (χ1v) is 4.58. The van der Waals surface area contributed by atoms with Crippen LogP contribution in [-0.2, 0) is 14.3 Å². The number of esters is 1. The van der Waals surface area contributed by atoms with Gasteiger partial charge < -0.3 is 14.9 Å². The zero-order valence-corrected chi connectivity index (χ0v) is 7.77. The molecule has 2 rings (SSSR count). The highest BCUT2D eigenvalue weighted by Gasteiger charge is 2.57. The average Bonchev–Trinajstić information content (AvgIpc) is 2.33. The molecule has 2 fully saturated rings. The summed E-state index contributed by atoms with van der Waals surface area (Å²) >= 11 is 0. The van der Waals surface area contributed by atoms with Gasteiger partial charge in [-0.05, 0) is 13.3 Å². The maximum absolute atomic E-state index is 11.3. The molecule has 0 amide bonds. The minimum absolute atomic E-state index is 0.0994. The molecule has 4 unspecified atom stereocenters. The van der Waals surface area contributed by atoms with Gasteiger partial charge in [0, 0.05) is 6.42 Å². The number of carbonyl (C=O) groups is 2. The number of carbonyl (C=O) groups excluding carboxylic acids is 1. The topological polar surface area (TPSA) is 83.8 Å². The van der Waals surface area contributed by atoms with Crippen LogP contribution in [0.2, 0.25) is 0 Å². The Morgan fingerprint density at radius 3 is 2.86 bits per heavy atom. The quantitative estimate of drug-likeness (QED) is 0.571.